The normalized spacial score (nSPS) is 16.4. The van der Waals surface area contributed by atoms with Crippen molar-refractivity contribution in [1.82, 2.24) is 19.7 Å². The summed E-state index contributed by atoms with van der Waals surface area (Å²) in [4.78, 5) is 2.44. The van der Waals surface area contributed by atoms with E-state index in [1.165, 1.54) is 17.2 Å². The predicted molar refractivity (Wildman–Crippen MR) is 138 cm³/mol. The molecule has 1 aliphatic heterocycles. The van der Waals surface area contributed by atoms with E-state index in [2.05, 4.69) is 51.5 Å². The Morgan fingerprint density at radius 3 is 2.37 bits per heavy atom. The quantitative estimate of drug-likeness (QED) is 0.298. The van der Waals surface area contributed by atoms with E-state index in [1.807, 2.05) is 34.9 Å². The highest BCUT2D eigenvalue weighted by atomic mass is 32.2. The number of morpholine rings is 1. The number of hydrogen-bond acceptors (Lipinski definition) is 5. The zero-order valence-electron chi connectivity index (χ0n) is 19.6. The first-order valence-electron chi connectivity index (χ1n) is 12.0. The number of thioether (sulfide) groups is 1. The molecular formula is C28H29FN4OS. The molecule has 35 heavy (non-hydrogen) atoms. The van der Waals surface area contributed by atoms with Crippen LogP contribution in [0.5, 0.6) is 0 Å². The van der Waals surface area contributed by atoms with Crippen molar-refractivity contribution in [2.24, 2.45) is 0 Å². The molecule has 1 saturated heterocycles. The summed E-state index contributed by atoms with van der Waals surface area (Å²) in [5, 5.41) is 9.65. The van der Waals surface area contributed by atoms with Crippen molar-refractivity contribution in [3.63, 3.8) is 0 Å². The molecule has 180 valence electrons. The second-order valence-electron chi connectivity index (χ2n) is 8.70. The van der Waals surface area contributed by atoms with Crippen LogP contribution < -0.4 is 0 Å². The van der Waals surface area contributed by atoms with Gasteiger partial charge >= 0.3 is 0 Å². The Bertz CT molecular complexity index is 1220. The van der Waals surface area contributed by atoms with Gasteiger partial charge in [-0.05, 0) is 29.7 Å². The van der Waals surface area contributed by atoms with Gasteiger partial charge in [-0.2, -0.15) is 0 Å². The second-order valence-corrected chi connectivity index (χ2v) is 9.68. The molecular weight excluding hydrogens is 459 g/mol. The van der Waals surface area contributed by atoms with Crippen molar-refractivity contribution in [2.75, 3.05) is 25.4 Å². The fraction of sp³-hybridized carbons (Fsp3) is 0.286. The molecule has 3 aromatic carbocycles. The SMILES string of the molecule is Fc1ccccc1-c1nnc(SC[C@H]2CN(Cc3ccccc3)CCO2)n1CCc1ccccc1. The molecule has 4 aromatic rings. The van der Waals surface area contributed by atoms with Crippen molar-refractivity contribution >= 4 is 11.8 Å². The van der Waals surface area contributed by atoms with Gasteiger partial charge < -0.3 is 9.30 Å². The number of nitrogens with zero attached hydrogens (tertiary/aromatic N) is 4. The molecule has 5 nitrogen and oxygen atoms in total. The lowest BCUT2D eigenvalue weighted by atomic mass is 10.1. The Balaban J connectivity index is 1.29. The van der Waals surface area contributed by atoms with E-state index >= 15 is 0 Å². The third kappa shape index (κ3) is 6.17. The Kier molecular flexibility index (Phi) is 7.88. The van der Waals surface area contributed by atoms with E-state index in [0.29, 0.717) is 17.9 Å². The standard InChI is InChI=1S/C28H29FN4OS/c29-26-14-8-7-13-25(26)27-30-31-28(33(27)16-15-22-9-3-1-4-10-22)35-21-24-20-32(17-18-34-24)19-23-11-5-2-6-12-23/h1-14,24H,15-21H2/t24-/m1/s1. The summed E-state index contributed by atoms with van der Waals surface area (Å²) >= 11 is 1.63. The van der Waals surface area contributed by atoms with Crippen LogP contribution in [-0.2, 0) is 24.2 Å². The fourth-order valence-corrected chi connectivity index (χ4v) is 5.33. The number of benzene rings is 3. The summed E-state index contributed by atoms with van der Waals surface area (Å²) < 4.78 is 22.7. The minimum Gasteiger partial charge on any atom is -0.375 e. The molecule has 1 fully saturated rings. The predicted octanol–water partition coefficient (Wildman–Crippen LogP) is 5.32. The van der Waals surface area contributed by atoms with Gasteiger partial charge in [-0.1, -0.05) is 84.6 Å². The monoisotopic (exact) mass is 488 g/mol. The van der Waals surface area contributed by atoms with E-state index in [0.717, 1.165) is 43.6 Å². The molecule has 0 radical (unpaired) electrons. The molecule has 1 aromatic heterocycles. The van der Waals surface area contributed by atoms with Crippen molar-refractivity contribution in [3.8, 4) is 11.4 Å². The maximum Gasteiger partial charge on any atom is 0.191 e. The molecule has 0 saturated carbocycles. The molecule has 0 aliphatic carbocycles. The zero-order chi connectivity index (χ0) is 23.9. The lowest BCUT2D eigenvalue weighted by Crippen LogP contribution is -2.43. The van der Waals surface area contributed by atoms with Crippen LogP contribution in [0, 0.1) is 5.82 Å². The Morgan fingerprint density at radius 1 is 0.886 bits per heavy atom. The summed E-state index contributed by atoms with van der Waals surface area (Å²) in [6.45, 7) is 4.13. The van der Waals surface area contributed by atoms with Crippen LogP contribution in [0.4, 0.5) is 4.39 Å². The summed E-state index contributed by atoms with van der Waals surface area (Å²) in [5.74, 6) is 1.05. The minimum absolute atomic E-state index is 0.105. The Labute approximate surface area is 210 Å². The Hall–Kier alpha value is -3.00. The first-order chi connectivity index (χ1) is 17.3. The van der Waals surface area contributed by atoms with Gasteiger partial charge in [0.2, 0.25) is 0 Å². The van der Waals surface area contributed by atoms with Gasteiger partial charge in [0.15, 0.2) is 11.0 Å². The molecule has 1 atom stereocenters. The van der Waals surface area contributed by atoms with Crippen LogP contribution in [0.1, 0.15) is 11.1 Å². The molecule has 0 spiro atoms. The van der Waals surface area contributed by atoms with E-state index in [1.54, 1.807) is 23.9 Å². The van der Waals surface area contributed by atoms with Gasteiger partial charge in [-0.3, -0.25) is 4.90 Å². The molecule has 1 aliphatic rings. The number of hydrogen-bond donors (Lipinski definition) is 0. The molecule has 5 rings (SSSR count). The highest BCUT2D eigenvalue weighted by Gasteiger charge is 2.23. The van der Waals surface area contributed by atoms with Crippen LogP contribution in [0.2, 0.25) is 0 Å². The van der Waals surface area contributed by atoms with Crippen molar-refractivity contribution < 1.29 is 9.13 Å². The lowest BCUT2D eigenvalue weighted by molar-refractivity contribution is -0.0187. The van der Waals surface area contributed by atoms with Gasteiger partial charge in [0.1, 0.15) is 5.82 Å². The van der Waals surface area contributed by atoms with Crippen molar-refractivity contribution in [1.29, 1.82) is 0 Å². The van der Waals surface area contributed by atoms with E-state index < -0.39 is 0 Å². The average molecular weight is 489 g/mol. The van der Waals surface area contributed by atoms with Crippen molar-refractivity contribution in [3.05, 3.63) is 102 Å². The summed E-state index contributed by atoms with van der Waals surface area (Å²) in [7, 11) is 0. The first kappa shape index (κ1) is 23.7. The van der Waals surface area contributed by atoms with Crippen LogP contribution >= 0.6 is 11.8 Å². The van der Waals surface area contributed by atoms with Crippen LogP contribution in [-0.4, -0.2) is 51.2 Å². The van der Waals surface area contributed by atoms with Crippen LogP contribution in [0.25, 0.3) is 11.4 Å². The van der Waals surface area contributed by atoms with Crippen molar-refractivity contribution in [2.45, 2.75) is 30.8 Å². The Morgan fingerprint density at radius 2 is 1.60 bits per heavy atom. The number of aryl methyl sites for hydroxylation is 1. The third-order valence-electron chi connectivity index (χ3n) is 6.17. The van der Waals surface area contributed by atoms with E-state index in [-0.39, 0.29) is 11.9 Å². The third-order valence-corrected chi connectivity index (χ3v) is 7.27. The van der Waals surface area contributed by atoms with E-state index in [9.17, 15) is 4.39 Å². The van der Waals surface area contributed by atoms with Gasteiger partial charge in [-0.15, -0.1) is 10.2 Å². The van der Waals surface area contributed by atoms with E-state index in [4.69, 9.17) is 4.74 Å². The minimum atomic E-state index is -0.287. The first-order valence-corrected chi connectivity index (χ1v) is 13.0. The topological polar surface area (TPSA) is 43.2 Å². The van der Waals surface area contributed by atoms with Gasteiger partial charge in [-0.25, -0.2) is 4.39 Å². The van der Waals surface area contributed by atoms with Gasteiger partial charge in [0, 0.05) is 31.9 Å². The fourth-order valence-electron chi connectivity index (χ4n) is 4.36. The summed E-state index contributed by atoms with van der Waals surface area (Å²) in [6.07, 6.45) is 0.923. The van der Waals surface area contributed by atoms with Crippen LogP contribution in [0.3, 0.4) is 0 Å². The zero-order valence-corrected chi connectivity index (χ0v) is 20.4. The average Bonchev–Trinajstić information content (AvgIpc) is 3.30. The second kappa shape index (κ2) is 11.6. The maximum absolute atomic E-state index is 14.6. The summed E-state index contributed by atoms with van der Waals surface area (Å²) in [6, 6.07) is 27.6. The number of halogens is 1. The maximum atomic E-state index is 14.6. The van der Waals surface area contributed by atoms with Gasteiger partial charge in [0.25, 0.3) is 0 Å². The molecule has 0 amide bonds. The highest BCUT2D eigenvalue weighted by molar-refractivity contribution is 7.99. The molecule has 2 heterocycles. The number of ether oxygens (including phenoxy) is 1. The number of aromatic nitrogens is 3. The largest absolute Gasteiger partial charge is 0.375 e. The number of rotatable bonds is 9. The summed E-state index contributed by atoms with van der Waals surface area (Å²) in [5.41, 5.74) is 3.02. The molecule has 7 heteroatoms. The molecule has 0 N–H and O–H groups in total. The lowest BCUT2D eigenvalue weighted by Gasteiger charge is -2.32. The molecule has 0 unspecified atom stereocenters. The smallest absolute Gasteiger partial charge is 0.191 e. The van der Waals surface area contributed by atoms with Gasteiger partial charge in [0.05, 0.1) is 18.3 Å². The molecule has 0 bridgehead atoms. The van der Waals surface area contributed by atoms with Crippen LogP contribution in [0.15, 0.2) is 90.1 Å². The highest BCUT2D eigenvalue weighted by Crippen LogP contribution is 2.27.